The minimum atomic E-state index is -4.52. The Labute approximate surface area is 204 Å². The van der Waals surface area contributed by atoms with E-state index in [2.05, 4.69) is 29.0 Å². The Hall–Kier alpha value is -3.13. The van der Waals surface area contributed by atoms with Crippen LogP contribution in [0.5, 0.6) is 0 Å². The number of halogens is 3. The molecule has 0 saturated heterocycles. The lowest BCUT2D eigenvalue weighted by Crippen LogP contribution is -2.30. The molecule has 2 aromatic carbocycles. The zero-order valence-electron chi connectivity index (χ0n) is 20.2. The largest absolute Gasteiger partial charge is 0.461 e. The third kappa shape index (κ3) is 7.18. The van der Waals surface area contributed by atoms with Gasteiger partial charge in [0.05, 0.1) is 22.3 Å². The van der Waals surface area contributed by atoms with Crippen molar-refractivity contribution >= 4 is 28.2 Å². The number of anilines is 2. The summed E-state index contributed by atoms with van der Waals surface area (Å²) in [4.78, 5) is 19.1. The fourth-order valence-electron chi connectivity index (χ4n) is 3.87. The summed E-state index contributed by atoms with van der Waals surface area (Å²) in [6.45, 7) is 7.18. The number of hydrogen-bond donors (Lipinski definition) is 1. The number of para-hydroxylation sites is 2. The van der Waals surface area contributed by atoms with Crippen molar-refractivity contribution in [1.29, 1.82) is 0 Å². The molecular weight excluding hydrogens is 455 g/mol. The predicted octanol–water partition coefficient (Wildman–Crippen LogP) is 7.06. The molecule has 8 heteroatoms. The lowest BCUT2D eigenvalue weighted by atomic mass is 10.1. The molecule has 1 aromatic heterocycles. The van der Waals surface area contributed by atoms with Crippen molar-refractivity contribution < 1.29 is 22.7 Å². The molecule has 5 nitrogen and oxygen atoms in total. The minimum Gasteiger partial charge on any atom is -0.461 e. The number of aromatic nitrogens is 1. The Morgan fingerprint density at radius 1 is 0.943 bits per heavy atom. The Morgan fingerprint density at radius 2 is 1.66 bits per heavy atom. The molecule has 0 aliphatic heterocycles. The molecule has 1 heterocycles. The summed E-state index contributed by atoms with van der Waals surface area (Å²) in [6.07, 6.45) is 1.21. The summed E-state index contributed by atoms with van der Waals surface area (Å²) >= 11 is 0. The van der Waals surface area contributed by atoms with Gasteiger partial charge in [-0.2, -0.15) is 13.2 Å². The van der Waals surface area contributed by atoms with Crippen LogP contribution >= 0.6 is 0 Å². The van der Waals surface area contributed by atoms with Crippen LogP contribution in [0.15, 0.2) is 54.7 Å². The number of unbranched alkanes of at least 4 members (excludes halogenated alkanes) is 2. The second-order valence-electron chi connectivity index (χ2n) is 8.41. The summed E-state index contributed by atoms with van der Waals surface area (Å²) in [5, 5.41) is 3.42. The lowest BCUT2D eigenvalue weighted by Gasteiger charge is -2.21. The molecule has 0 amide bonds. The van der Waals surface area contributed by atoms with E-state index in [0.717, 1.165) is 44.8 Å². The van der Waals surface area contributed by atoms with Gasteiger partial charge in [-0.15, -0.1) is 0 Å². The van der Waals surface area contributed by atoms with Crippen LogP contribution in [-0.2, 0) is 10.9 Å². The van der Waals surface area contributed by atoms with E-state index in [1.807, 2.05) is 0 Å². The van der Waals surface area contributed by atoms with Crippen molar-refractivity contribution in [2.75, 3.05) is 31.6 Å². The number of hydrogen-bond acceptors (Lipinski definition) is 5. The van der Waals surface area contributed by atoms with Crippen molar-refractivity contribution in [1.82, 2.24) is 9.88 Å². The Balaban J connectivity index is 1.75. The molecule has 0 atom stereocenters. The number of pyridine rings is 1. The molecule has 35 heavy (non-hydrogen) atoms. The van der Waals surface area contributed by atoms with Crippen molar-refractivity contribution in [3.63, 3.8) is 0 Å². The van der Waals surface area contributed by atoms with Gasteiger partial charge < -0.3 is 10.1 Å². The smallest absolute Gasteiger partial charge is 0.418 e. The molecule has 3 rings (SSSR count). The number of esters is 1. The number of nitrogens with zero attached hydrogens (tertiary/aromatic N) is 2. The first kappa shape index (κ1) is 26.5. The first-order valence-electron chi connectivity index (χ1n) is 12.1. The van der Waals surface area contributed by atoms with E-state index in [-0.39, 0.29) is 12.1 Å². The Bertz CT molecular complexity index is 1110. The average Bonchev–Trinajstić information content (AvgIpc) is 2.84. The van der Waals surface area contributed by atoms with E-state index in [1.165, 1.54) is 12.3 Å². The third-order valence-corrected chi connectivity index (χ3v) is 5.79. The van der Waals surface area contributed by atoms with Gasteiger partial charge in [0.15, 0.2) is 0 Å². The SMILES string of the molecule is CCCCN(CCCC)CCOC(=O)c1ccccc1Nc1ccnc2c(C(F)(F)F)cccc12. The van der Waals surface area contributed by atoms with Gasteiger partial charge in [-0.1, -0.05) is 51.0 Å². The number of carbonyl (C=O) groups excluding carboxylic acids is 1. The monoisotopic (exact) mass is 487 g/mol. The van der Waals surface area contributed by atoms with Crippen LogP contribution in [0, 0.1) is 0 Å². The molecule has 0 radical (unpaired) electrons. The zero-order chi connectivity index (χ0) is 25.3. The standard InChI is InChI=1S/C27H32F3N3O2/c1-3-5-16-33(17-6-4-2)18-19-35-26(34)21-10-7-8-13-23(21)32-24-14-15-31-25-20(24)11-9-12-22(25)27(28,29)30/h7-15H,3-6,16-19H2,1-2H3,(H,31,32). The molecule has 0 unspecified atom stereocenters. The normalized spacial score (nSPS) is 11.7. The molecule has 188 valence electrons. The first-order chi connectivity index (χ1) is 16.8. The molecular formula is C27H32F3N3O2. The van der Waals surface area contributed by atoms with E-state index in [1.54, 1.807) is 36.4 Å². The van der Waals surface area contributed by atoms with E-state index in [4.69, 9.17) is 4.74 Å². The van der Waals surface area contributed by atoms with Crippen LogP contribution in [0.2, 0.25) is 0 Å². The highest BCUT2D eigenvalue weighted by molar-refractivity contribution is 6.00. The second-order valence-corrected chi connectivity index (χ2v) is 8.41. The number of fused-ring (bicyclic) bond motifs is 1. The fourth-order valence-corrected chi connectivity index (χ4v) is 3.87. The maximum absolute atomic E-state index is 13.4. The number of benzene rings is 2. The summed E-state index contributed by atoms with van der Waals surface area (Å²) in [7, 11) is 0. The Morgan fingerprint density at radius 3 is 2.34 bits per heavy atom. The molecule has 0 aliphatic rings. The van der Waals surface area contributed by atoms with Crippen LogP contribution in [0.4, 0.5) is 24.5 Å². The maximum atomic E-state index is 13.4. The van der Waals surface area contributed by atoms with E-state index in [9.17, 15) is 18.0 Å². The average molecular weight is 488 g/mol. The lowest BCUT2D eigenvalue weighted by molar-refractivity contribution is -0.136. The number of ether oxygens (including phenoxy) is 1. The van der Waals surface area contributed by atoms with Crippen molar-refractivity contribution in [3.8, 4) is 0 Å². The van der Waals surface area contributed by atoms with Crippen LogP contribution in [-0.4, -0.2) is 42.1 Å². The number of alkyl halides is 3. The highest BCUT2D eigenvalue weighted by atomic mass is 19.4. The van der Waals surface area contributed by atoms with Gasteiger partial charge in [-0.3, -0.25) is 9.88 Å². The summed E-state index contributed by atoms with van der Waals surface area (Å²) < 4.78 is 45.9. The van der Waals surface area contributed by atoms with Crippen LogP contribution in [0.25, 0.3) is 10.9 Å². The van der Waals surface area contributed by atoms with Gasteiger partial charge in [0.2, 0.25) is 0 Å². The van der Waals surface area contributed by atoms with Crippen molar-refractivity contribution in [2.24, 2.45) is 0 Å². The number of rotatable bonds is 12. The number of carbonyl (C=O) groups is 1. The summed E-state index contributed by atoms with van der Waals surface area (Å²) in [5.74, 6) is -0.478. The zero-order valence-corrected chi connectivity index (χ0v) is 20.2. The highest BCUT2D eigenvalue weighted by Crippen LogP contribution is 2.36. The highest BCUT2D eigenvalue weighted by Gasteiger charge is 2.33. The van der Waals surface area contributed by atoms with Gasteiger partial charge in [0, 0.05) is 23.8 Å². The maximum Gasteiger partial charge on any atom is 0.418 e. The Kier molecular flexibility index (Phi) is 9.48. The van der Waals surface area contributed by atoms with Crippen LogP contribution in [0.1, 0.15) is 55.5 Å². The van der Waals surface area contributed by atoms with Crippen LogP contribution in [0.3, 0.4) is 0 Å². The first-order valence-corrected chi connectivity index (χ1v) is 12.1. The van der Waals surface area contributed by atoms with Gasteiger partial charge in [0.25, 0.3) is 0 Å². The quantitative estimate of drug-likeness (QED) is 0.277. The van der Waals surface area contributed by atoms with Gasteiger partial charge in [-0.25, -0.2) is 4.79 Å². The molecule has 3 aromatic rings. The van der Waals surface area contributed by atoms with E-state index < -0.39 is 17.7 Å². The molecule has 0 bridgehead atoms. The molecule has 0 spiro atoms. The summed E-state index contributed by atoms with van der Waals surface area (Å²) in [6, 6.07) is 12.3. The fraction of sp³-hybridized carbons (Fsp3) is 0.407. The van der Waals surface area contributed by atoms with Gasteiger partial charge in [0.1, 0.15) is 6.61 Å². The van der Waals surface area contributed by atoms with Gasteiger partial charge in [-0.05, 0) is 50.2 Å². The molecule has 0 fully saturated rings. The second kappa shape index (κ2) is 12.5. The molecule has 0 aliphatic carbocycles. The molecule has 1 N–H and O–H groups in total. The predicted molar refractivity (Wildman–Crippen MR) is 133 cm³/mol. The van der Waals surface area contributed by atoms with E-state index in [0.29, 0.717) is 28.9 Å². The molecule has 0 saturated carbocycles. The summed E-state index contributed by atoms with van der Waals surface area (Å²) in [5.41, 5.74) is 0.243. The van der Waals surface area contributed by atoms with Gasteiger partial charge >= 0.3 is 12.1 Å². The van der Waals surface area contributed by atoms with Crippen molar-refractivity contribution in [3.05, 3.63) is 65.9 Å². The van der Waals surface area contributed by atoms with Crippen LogP contribution < -0.4 is 5.32 Å². The minimum absolute atomic E-state index is 0.149. The topological polar surface area (TPSA) is 54.5 Å². The van der Waals surface area contributed by atoms with E-state index >= 15 is 0 Å². The third-order valence-electron chi connectivity index (χ3n) is 5.79. The number of nitrogens with one attached hydrogen (secondary N) is 1. The van der Waals surface area contributed by atoms with Crippen molar-refractivity contribution in [2.45, 2.75) is 45.7 Å².